The van der Waals surface area contributed by atoms with E-state index in [0.717, 1.165) is 19.3 Å². The number of ketones is 1. The Morgan fingerprint density at radius 2 is 1.88 bits per heavy atom. The predicted octanol–water partition coefficient (Wildman–Crippen LogP) is 2.64. The van der Waals surface area contributed by atoms with Crippen molar-refractivity contribution in [1.82, 2.24) is 4.90 Å². The molecule has 0 radical (unpaired) electrons. The molecule has 90 valence electrons. The summed E-state index contributed by atoms with van der Waals surface area (Å²) < 4.78 is 0.154. The second kappa shape index (κ2) is 5.62. The first-order valence-electron chi connectivity index (χ1n) is 5.74. The Labute approximate surface area is 114 Å². The summed E-state index contributed by atoms with van der Waals surface area (Å²) in [4.78, 5) is 25.8. The monoisotopic (exact) mass is 343 g/mol. The summed E-state index contributed by atoms with van der Waals surface area (Å²) >= 11 is 2.24. The SMILES string of the molecule is O=C(C(=O)N1CCCCC1I)c1ccccc1. The molecule has 17 heavy (non-hydrogen) atoms. The summed E-state index contributed by atoms with van der Waals surface area (Å²) in [7, 11) is 0. The van der Waals surface area contributed by atoms with E-state index in [0.29, 0.717) is 12.1 Å². The molecule has 1 fully saturated rings. The van der Waals surface area contributed by atoms with Crippen LogP contribution in [0.4, 0.5) is 0 Å². The van der Waals surface area contributed by atoms with Gasteiger partial charge in [-0.1, -0.05) is 52.9 Å². The number of hydrogen-bond acceptors (Lipinski definition) is 2. The van der Waals surface area contributed by atoms with Crippen molar-refractivity contribution in [2.75, 3.05) is 6.54 Å². The number of Topliss-reactive ketones (excluding diaryl/α,β-unsaturated/α-hetero) is 1. The van der Waals surface area contributed by atoms with Gasteiger partial charge in [-0.2, -0.15) is 0 Å². The fourth-order valence-electron chi connectivity index (χ4n) is 1.96. The quantitative estimate of drug-likeness (QED) is 0.272. The molecule has 1 aliphatic rings. The van der Waals surface area contributed by atoms with Gasteiger partial charge in [-0.25, -0.2) is 0 Å². The lowest BCUT2D eigenvalue weighted by Gasteiger charge is -2.31. The molecule has 0 bridgehead atoms. The molecule has 1 heterocycles. The maximum absolute atomic E-state index is 12.1. The van der Waals surface area contributed by atoms with Crippen molar-refractivity contribution < 1.29 is 9.59 Å². The standard InChI is InChI=1S/C13H14INO2/c14-11-8-4-5-9-15(11)13(17)12(16)10-6-2-1-3-7-10/h1-3,6-7,11H,4-5,8-9H2. The van der Waals surface area contributed by atoms with Crippen LogP contribution in [0.3, 0.4) is 0 Å². The fourth-order valence-corrected chi connectivity index (χ4v) is 2.93. The molecule has 3 nitrogen and oxygen atoms in total. The molecule has 1 saturated heterocycles. The first-order valence-corrected chi connectivity index (χ1v) is 6.99. The van der Waals surface area contributed by atoms with Gasteiger partial charge in [0, 0.05) is 12.1 Å². The van der Waals surface area contributed by atoms with Gasteiger partial charge in [-0.3, -0.25) is 9.59 Å². The molecule has 0 spiro atoms. The third-order valence-electron chi connectivity index (χ3n) is 2.92. The van der Waals surface area contributed by atoms with Gasteiger partial charge in [0.05, 0.1) is 4.05 Å². The van der Waals surface area contributed by atoms with Gasteiger partial charge in [-0.05, 0) is 19.3 Å². The molecule has 1 aromatic carbocycles. The van der Waals surface area contributed by atoms with Crippen LogP contribution in [0.25, 0.3) is 0 Å². The third kappa shape index (κ3) is 2.86. The summed E-state index contributed by atoms with van der Waals surface area (Å²) in [5, 5.41) is 0. The number of carbonyl (C=O) groups excluding carboxylic acids is 2. The molecule has 0 N–H and O–H groups in total. The van der Waals surface area contributed by atoms with E-state index < -0.39 is 5.78 Å². The summed E-state index contributed by atoms with van der Waals surface area (Å²) in [6.45, 7) is 0.699. The Kier molecular flexibility index (Phi) is 4.15. The second-order valence-electron chi connectivity index (χ2n) is 4.12. The predicted molar refractivity (Wildman–Crippen MR) is 74.1 cm³/mol. The van der Waals surface area contributed by atoms with Crippen LogP contribution in [0.5, 0.6) is 0 Å². The minimum atomic E-state index is -0.394. The molecule has 1 atom stereocenters. The highest BCUT2D eigenvalue weighted by atomic mass is 127. The first-order chi connectivity index (χ1) is 8.20. The zero-order valence-electron chi connectivity index (χ0n) is 9.43. The van der Waals surface area contributed by atoms with Crippen LogP contribution < -0.4 is 0 Å². The van der Waals surface area contributed by atoms with Crippen LogP contribution in [-0.2, 0) is 4.79 Å². The van der Waals surface area contributed by atoms with E-state index in [1.807, 2.05) is 6.07 Å². The Morgan fingerprint density at radius 1 is 1.18 bits per heavy atom. The zero-order valence-corrected chi connectivity index (χ0v) is 11.6. The van der Waals surface area contributed by atoms with Crippen molar-refractivity contribution in [3.8, 4) is 0 Å². The number of likely N-dealkylation sites (tertiary alicyclic amines) is 1. The lowest BCUT2D eigenvalue weighted by Crippen LogP contribution is -2.44. The van der Waals surface area contributed by atoms with E-state index in [2.05, 4.69) is 22.6 Å². The van der Waals surface area contributed by atoms with Crippen LogP contribution in [-0.4, -0.2) is 27.2 Å². The number of benzene rings is 1. The summed E-state index contributed by atoms with van der Waals surface area (Å²) in [5.74, 6) is -0.760. The molecular weight excluding hydrogens is 329 g/mol. The van der Waals surface area contributed by atoms with E-state index in [1.165, 1.54) is 0 Å². The maximum atomic E-state index is 12.1. The maximum Gasteiger partial charge on any atom is 0.295 e. The fraction of sp³-hybridized carbons (Fsp3) is 0.385. The Hall–Kier alpha value is -0.910. The summed E-state index contributed by atoms with van der Waals surface area (Å²) in [6, 6.07) is 8.76. The normalized spacial score (nSPS) is 20.1. The van der Waals surface area contributed by atoms with E-state index in [-0.39, 0.29) is 9.96 Å². The van der Waals surface area contributed by atoms with Crippen molar-refractivity contribution >= 4 is 34.3 Å². The summed E-state index contributed by atoms with van der Waals surface area (Å²) in [5.41, 5.74) is 0.478. The van der Waals surface area contributed by atoms with E-state index in [4.69, 9.17) is 0 Å². The summed E-state index contributed by atoms with van der Waals surface area (Å²) in [6.07, 6.45) is 3.11. The molecule has 1 unspecified atom stereocenters. The van der Waals surface area contributed by atoms with Crippen LogP contribution in [0, 0.1) is 0 Å². The molecule has 0 saturated carbocycles. The average molecular weight is 343 g/mol. The Balaban J connectivity index is 2.12. The van der Waals surface area contributed by atoms with Gasteiger partial charge in [0.2, 0.25) is 5.78 Å². The van der Waals surface area contributed by atoms with Crippen molar-refractivity contribution in [3.63, 3.8) is 0 Å². The number of nitrogens with zero attached hydrogens (tertiary/aromatic N) is 1. The van der Waals surface area contributed by atoms with Crippen LogP contribution in [0.15, 0.2) is 30.3 Å². The van der Waals surface area contributed by atoms with Gasteiger partial charge >= 0.3 is 0 Å². The minimum Gasteiger partial charge on any atom is -0.324 e. The lowest BCUT2D eigenvalue weighted by atomic mass is 10.1. The van der Waals surface area contributed by atoms with Crippen molar-refractivity contribution in [2.45, 2.75) is 23.3 Å². The molecule has 1 aliphatic heterocycles. The molecule has 4 heteroatoms. The molecular formula is C13H14INO2. The highest BCUT2D eigenvalue weighted by molar-refractivity contribution is 14.1. The molecule has 1 amide bonds. The largest absolute Gasteiger partial charge is 0.324 e. The number of rotatable bonds is 2. The number of amides is 1. The van der Waals surface area contributed by atoms with E-state index in [9.17, 15) is 9.59 Å². The highest BCUT2D eigenvalue weighted by Gasteiger charge is 2.29. The van der Waals surface area contributed by atoms with Gasteiger partial charge in [0.1, 0.15) is 0 Å². The van der Waals surface area contributed by atoms with E-state index in [1.54, 1.807) is 29.2 Å². The van der Waals surface area contributed by atoms with Gasteiger partial charge < -0.3 is 4.90 Å². The number of hydrogen-bond donors (Lipinski definition) is 0. The van der Waals surface area contributed by atoms with Crippen molar-refractivity contribution in [2.24, 2.45) is 0 Å². The zero-order chi connectivity index (χ0) is 12.3. The molecule has 0 aliphatic carbocycles. The minimum absolute atomic E-state index is 0.154. The second-order valence-corrected chi connectivity index (χ2v) is 5.56. The van der Waals surface area contributed by atoms with Crippen LogP contribution in [0.2, 0.25) is 0 Å². The van der Waals surface area contributed by atoms with Gasteiger partial charge in [0.25, 0.3) is 5.91 Å². The number of halogens is 1. The highest BCUT2D eigenvalue weighted by Crippen LogP contribution is 2.22. The lowest BCUT2D eigenvalue weighted by molar-refractivity contribution is -0.127. The Morgan fingerprint density at radius 3 is 2.53 bits per heavy atom. The third-order valence-corrected chi connectivity index (χ3v) is 4.22. The van der Waals surface area contributed by atoms with Crippen LogP contribution in [0.1, 0.15) is 29.6 Å². The molecule has 0 aromatic heterocycles. The average Bonchev–Trinajstić information content (AvgIpc) is 2.39. The molecule has 2 rings (SSSR count). The van der Waals surface area contributed by atoms with Crippen molar-refractivity contribution in [1.29, 1.82) is 0 Å². The number of carbonyl (C=O) groups is 2. The van der Waals surface area contributed by atoms with Gasteiger partial charge in [-0.15, -0.1) is 0 Å². The van der Waals surface area contributed by atoms with E-state index >= 15 is 0 Å². The smallest absolute Gasteiger partial charge is 0.295 e. The topological polar surface area (TPSA) is 37.4 Å². The number of piperidine rings is 1. The first kappa shape index (κ1) is 12.5. The molecule has 1 aromatic rings. The number of alkyl halides is 1. The van der Waals surface area contributed by atoms with Crippen LogP contribution >= 0.6 is 22.6 Å². The van der Waals surface area contributed by atoms with Crippen molar-refractivity contribution in [3.05, 3.63) is 35.9 Å². The Bertz CT molecular complexity index is 419. The van der Waals surface area contributed by atoms with Gasteiger partial charge in [0.15, 0.2) is 0 Å².